The van der Waals surface area contributed by atoms with Gasteiger partial charge in [0.1, 0.15) is 18.0 Å². The highest BCUT2D eigenvalue weighted by molar-refractivity contribution is 5.56. The van der Waals surface area contributed by atoms with Crippen LogP contribution in [0, 0.1) is 0 Å². The average molecular weight is 263 g/mol. The maximum atomic E-state index is 5.95. The molecule has 1 atom stereocenters. The number of likely N-dealkylation sites (tertiary alicyclic amines) is 1. The molecule has 0 spiro atoms. The maximum Gasteiger partial charge on any atom is 0.135 e. The molecule has 5 heteroatoms. The second-order valence-electron chi connectivity index (χ2n) is 5.65. The van der Waals surface area contributed by atoms with Crippen LogP contribution in [0.2, 0.25) is 0 Å². The molecule has 1 aliphatic heterocycles. The molecule has 2 heterocycles. The minimum absolute atomic E-state index is 0.325. The number of nitrogens with one attached hydrogen (secondary N) is 1. The Morgan fingerprint density at radius 2 is 1.95 bits per heavy atom. The molecule has 0 aliphatic carbocycles. The van der Waals surface area contributed by atoms with Crippen LogP contribution in [0.15, 0.2) is 6.33 Å². The first-order chi connectivity index (χ1) is 9.09. The van der Waals surface area contributed by atoms with Gasteiger partial charge in [-0.3, -0.25) is 4.90 Å². The van der Waals surface area contributed by atoms with E-state index in [0.29, 0.717) is 17.8 Å². The predicted molar refractivity (Wildman–Crippen MR) is 79.3 cm³/mol. The number of hydrogen-bond acceptors (Lipinski definition) is 5. The summed E-state index contributed by atoms with van der Waals surface area (Å²) in [6.07, 6.45) is 4.17. The van der Waals surface area contributed by atoms with Crippen LogP contribution in [-0.4, -0.2) is 40.5 Å². The Hall–Kier alpha value is -1.36. The fourth-order valence-corrected chi connectivity index (χ4v) is 2.68. The van der Waals surface area contributed by atoms with E-state index in [1.165, 1.54) is 32.3 Å². The topological polar surface area (TPSA) is 67.1 Å². The van der Waals surface area contributed by atoms with Crippen molar-refractivity contribution in [1.29, 1.82) is 0 Å². The van der Waals surface area contributed by atoms with E-state index in [2.05, 4.69) is 41.0 Å². The lowest BCUT2D eigenvalue weighted by Gasteiger charge is -2.25. The highest BCUT2D eigenvalue weighted by Gasteiger charge is 2.19. The van der Waals surface area contributed by atoms with E-state index in [4.69, 9.17) is 5.73 Å². The largest absolute Gasteiger partial charge is 0.383 e. The van der Waals surface area contributed by atoms with Gasteiger partial charge in [0.25, 0.3) is 0 Å². The number of hydrogen-bond donors (Lipinski definition) is 2. The Bertz CT molecular complexity index is 412. The molecule has 1 aliphatic rings. The summed E-state index contributed by atoms with van der Waals surface area (Å²) in [5, 5.41) is 3.44. The maximum absolute atomic E-state index is 5.95. The van der Waals surface area contributed by atoms with Crippen molar-refractivity contribution in [3.8, 4) is 0 Å². The number of aromatic nitrogens is 2. The van der Waals surface area contributed by atoms with Gasteiger partial charge in [0.05, 0.1) is 0 Å². The molecule has 5 nitrogen and oxygen atoms in total. The van der Waals surface area contributed by atoms with Crippen molar-refractivity contribution >= 4 is 11.6 Å². The van der Waals surface area contributed by atoms with Crippen LogP contribution in [-0.2, 0) is 0 Å². The molecule has 1 unspecified atom stereocenters. The van der Waals surface area contributed by atoms with Gasteiger partial charge < -0.3 is 11.1 Å². The smallest absolute Gasteiger partial charge is 0.135 e. The summed E-state index contributed by atoms with van der Waals surface area (Å²) in [4.78, 5) is 10.9. The van der Waals surface area contributed by atoms with Gasteiger partial charge in [-0.2, -0.15) is 0 Å². The third kappa shape index (κ3) is 3.35. The van der Waals surface area contributed by atoms with Crippen LogP contribution in [0.3, 0.4) is 0 Å². The van der Waals surface area contributed by atoms with Gasteiger partial charge in [0, 0.05) is 18.2 Å². The number of nitrogen functional groups attached to an aromatic ring is 1. The predicted octanol–water partition coefficient (Wildman–Crippen LogP) is 2.08. The molecule has 0 saturated carbocycles. The Kier molecular flexibility index (Phi) is 4.58. The summed E-state index contributed by atoms with van der Waals surface area (Å²) >= 11 is 0. The molecule has 0 radical (unpaired) electrons. The van der Waals surface area contributed by atoms with Crippen LogP contribution in [0.5, 0.6) is 0 Å². The van der Waals surface area contributed by atoms with Gasteiger partial charge in [0.2, 0.25) is 0 Å². The highest BCUT2D eigenvalue weighted by Crippen LogP contribution is 2.26. The summed E-state index contributed by atoms with van der Waals surface area (Å²) in [5.41, 5.74) is 6.97. The summed E-state index contributed by atoms with van der Waals surface area (Å²) in [6, 6.07) is 0.527. The zero-order valence-electron chi connectivity index (χ0n) is 12.2. The van der Waals surface area contributed by atoms with Gasteiger partial charge in [-0.25, -0.2) is 9.97 Å². The minimum atomic E-state index is 0.325. The molecule has 3 N–H and O–H groups in total. The van der Waals surface area contributed by atoms with E-state index >= 15 is 0 Å². The molecule has 2 rings (SSSR count). The minimum Gasteiger partial charge on any atom is -0.383 e. The van der Waals surface area contributed by atoms with Crippen molar-refractivity contribution in [3.05, 3.63) is 11.9 Å². The first kappa shape index (κ1) is 14.1. The van der Waals surface area contributed by atoms with Crippen molar-refractivity contribution in [2.24, 2.45) is 0 Å². The fourth-order valence-electron chi connectivity index (χ4n) is 2.68. The summed E-state index contributed by atoms with van der Waals surface area (Å²) in [6.45, 7) is 9.82. The van der Waals surface area contributed by atoms with Crippen LogP contribution >= 0.6 is 0 Å². The molecule has 1 fully saturated rings. The first-order valence-electron chi connectivity index (χ1n) is 7.18. The molecule has 1 aromatic heterocycles. The van der Waals surface area contributed by atoms with Crippen LogP contribution < -0.4 is 11.1 Å². The van der Waals surface area contributed by atoms with Crippen LogP contribution in [0.25, 0.3) is 0 Å². The lowest BCUT2D eigenvalue weighted by atomic mass is 10.0. The Balaban J connectivity index is 2.00. The first-order valence-corrected chi connectivity index (χ1v) is 7.18. The van der Waals surface area contributed by atoms with E-state index in [1.54, 1.807) is 0 Å². The second kappa shape index (κ2) is 6.19. The SMILES string of the molecule is CC(C)c1c(N)ncnc1NCC(C)N1CCCC1. The summed E-state index contributed by atoms with van der Waals surface area (Å²) < 4.78 is 0. The van der Waals surface area contributed by atoms with Crippen LogP contribution in [0.4, 0.5) is 11.6 Å². The summed E-state index contributed by atoms with van der Waals surface area (Å²) in [5.74, 6) is 1.79. The van der Waals surface area contributed by atoms with Crippen molar-refractivity contribution < 1.29 is 0 Å². The molecule has 106 valence electrons. The Morgan fingerprint density at radius 3 is 2.58 bits per heavy atom. The third-order valence-electron chi connectivity index (χ3n) is 3.82. The van der Waals surface area contributed by atoms with Crippen molar-refractivity contribution in [2.75, 3.05) is 30.7 Å². The normalized spacial score (nSPS) is 17.9. The molecule has 0 amide bonds. The lowest BCUT2D eigenvalue weighted by Crippen LogP contribution is -2.35. The molecule has 1 aromatic rings. The molecular weight excluding hydrogens is 238 g/mol. The van der Waals surface area contributed by atoms with E-state index in [9.17, 15) is 0 Å². The highest BCUT2D eigenvalue weighted by atomic mass is 15.2. The number of nitrogens with zero attached hydrogens (tertiary/aromatic N) is 3. The number of nitrogens with two attached hydrogens (primary N) is 1. The molecular formula is C14H25N5. The fraction of sp³-hybridized carbons (Fsp3) is 0.714. The lowest BCUT2D eigenvalue weighted by molar-refractivity contribution is 0.269. The van der Waals surface area contributed by atoms with E-state index in [0.717, 1.165) is 17.9 Å². The molecule has 0 bridgehead atoms. The zero-order chi connectivity index (χ0) is 13.8. The van der Waals surface area contributed by atoms with Gasteiger partial charge in [-0.05, 0) is 38.8 Å². The Morgan fingerprint density at radius 1 is 1.26 bits per heavy atom. The zero-order valence-corrected chi connectivity index (χ0v) is 12.2. The molecule has 1 saturated heterocycles. The molecule has 19 heavy (non-hydrogen) atoms. The quantitative estimate of drug-likeness (QED) is 0.851. The average Bonchev–Trinajstić information content (AvgIpc) is 2.89. The monoisotopic (exact) mass is 263 g/mol. The number of rotatable bonds is 5. The van der Waals surface area contributed by atoms with Gasteiger partial charge in [-0.15, -0.1) is 0 Å². The van der Waals surface area contributed by atoms with Gasteiger partial charge in [-0.1, -0.05) is 13.8 Å². The van der Waals surface area contributed by atoms with Crippen molar-refractivity contribution in [1.82, 2.24) is 14.9 Å². The van der Waals surface area contributed by atoms with Crippen molar-refractivity contribution in [3.63, 3.8) is 0 Å². The standard InChI is InChI=1S/C14H25N5/c1-10(2)12-13(15)17-9-18-14(12)16-8-11(3)19-6-4-5-7-19/h9-11H,4-8H2,1-3H3,(H3,15,16,17,18). The summed E-state index contributed by atoms with van der Waals surface area (Å²) in [7, 11) is 0. The van der Waals surface area contributed by atoms with Gasteiger partial charge in [0.15, 0.2) is 0 Å². The van der Waals surface area contributed by atoms with E-state index in [1.807, 2.05) is 0 Å². The van der Waals surface area contributed by atoms with Crippen molar-refractivity contribution in [2.45, 2.75) is 45.6 Å². The second-order valence-corrected chi connectivity index (χ2v) is 5.65. The number of anilines is 2. The van der Waals surface area contributed by atoms with E-state index < -0.39 is 0 Å². The van der Waals surface area contributed by atoms with Gasteiger partial charge >= 0.3 is 0 Å². The molecule has 0 aromatic carbocycles. The third-order valence-corrected chi connectivity index (χ3v) is 3.82. The van der Waals surface area contributed by atoms with E-state index in [-0.39, 0.29) is 0 Å². The Labute approximate surface area is 115 Å². The van der Waals surface area contributed by atoms with Crippen LogP contribution in [0.1, 0.15) is 45.1 Å².